The minimum Gasteiger partial charge on any atom is -0.494 e. The summed E-state index contributed by atoms with van der Waals surface area (Å²) in [5.41, 5.74) is 0.507. The fourth-order valence-electron chi connectivity index (χ4n) is 2.46. The van der Waals surface area contributed by atoms with Gasteiger partial charge in [0.25, 0.3) is 0 Å². The van der Waals surface area contributed by atoms with Gasteiger partial charge in [-0.15, -0.1) is 11.6 Å². The third kappa shape index (κ3) is 2.78. The van der Waals surface area contributed by atoms with E-state index in [2.05, 4.69) is 0 Å². The summed E-state index contributed by atoms with van der Waals surface area (Å²) in [4.78, 5) is 0. The first kappa shape index (κ1) is 13.6. The Hall–Kier alpha value is -0.800. The van der Waals surface area contributed by atoms with Gasteiger partial charge < -0.3 is 9.47 Å². The van der Waals surface area contributed by atoms with E-state index in [-0.39, 0.29) is 17.0 Å². The van der Waals surface area contributed by atoms with Crippen LogP contribution in [-0.4, -0.2) is 26.2 Å². The maximum Gasteiger partial charge on any atom is 0.168 e. The summed E-state index contributed by atoms with van der Waals surface area (Å²) in [5.74, 6) is 0.493. The molecular formula is C14H18ClFO2. The molecule has 1 saturated heterocycles. The maximum atomic E-state index is 14.1. The second-order valence-corrected chi connectivity index (χ2v) is 5.17. The van der Waals surface area contributed by atoms with E-state index in [9.17, 15) is 4.39 Å². The molecule has 2 rings (SSSR count). The molecule has 1 aromatic carbocycles. The van der Waals surface area contributed by atoms with Gasteiger partial charge in [-0.05, 0) is 30.9 Å². The number of methoxy groups -OCH3 is 1. The highest BCUT2D eigenvalue weighted by molar-refractivity contribution is 6.18. The Morgan fingerprint density at radius 1 is 1.50 bits per heavy atom. The fourth-order valence-corrected chi connectivity index (χ4v) is 2.76. The molecule has 0 bridgehead atoms. The molecular weight excluding hydrogens is 255 g/mol. The molecule has 0 saturated carbocycles. The molecule has 0 radical (unpaired) electrons. The average molecular weight is 273 g/mol. The van der Waals surface area contributed by atoms with Crippen molar-refractivity contribution >= 4 is 11.6 Å². The number of hydrogen-bond acceptors (Lipinski definition) is 2. The summed E-state index contributed by atoms with van der Waals surface area (Å²) in [6, 6.07) is 5.23. The molecule has 18 heavy (non-hydrogen) atoms. The SMILES string of the molecule is COc1cccc(CC2(CCl)CCCOC2)c1F. The van der Waals surface area contributed by atoms with E-state index >= 15 is 0 Å². The summed E-state index contributed by atoms with van der Waals surface area (Å²) in [7, 11) is 1.48. The van der Waals surface area contributed by atoms with Crippen LogP contribution in [0.4, 0.5) is 4.39 Å². The van der Waals surface area contributed by atoms with Crippen LogP contribution in [0.2, 0.25) is 0 Å². The molecule has 100 valence electrons. The zero-order valence-electron chi connectivity index (χ0n) is 10.5. The van der Waals surface area contributed by atoms with Gasteiger partial charge in [-0.3, -0.25) is 0 Å². The third-order valence-electron chi connectivity index (χ3n) is 3.52. The van der Waals surface area contributed by atoms with Crippen LogP contribution in [0, 0.1) is 11.2 Å². The van der Waals surface area contributed by atoms with E-state index in [1.807, 2.05) is 6.07 Å². The van der Waals surface area contributed by atoms with Crippen LogP contribution in [0.1, 0.15) is 18.4 Å². The molecule has 0 aliphatic carbocycles. The Morgan fingerprint density at radius 2 is 2.33 bits per heavy atom. The van der Waals surface area contributed by atoms with Crippen molar-refractivity contribution in [2.24, 2.45) is 5.41 Å². The molecule has 0 N–H and O–H groups in total. The molecule has 1 heterocycles. The lowest BCUT2D eigenvalue weighted by molar-refractivity contribution is 0.00436. The predicted molar refractivity (Wildman–Crippen MR) is 69.9 cm³/mol. The Morgan fingerprint density at radius 3 is 2.94 bits per heavy atom. The highest BCUT2D eigenvalue weighted by Gasteiger charge is 2.33. The van der Waals surface area contributed by atoms with Crippen molar-refractivity contribution in [3.05, 3.63) is 29.6 Å². The second kappa shape index (κ2) is 5.89. The molecule has 0 spiro atoms. The van der Waals surface area contributed by atoms with Crippen molar-refractivity contribution in [1.82, 2.24) is 0 Å². The minimum atomic E-state index is -0.282. The molecule has 1 aromatic rings. The van der Waals surface area contributed by atoms with Gasteiger partial charge in [-0.2, -0.15) is 0 Å². The molecule has 1 fully saturated rings. The van der Waals surface area contributed by atoms with Crippen LogP contribution in [0.25, 0.3) is 0 Å². The number of halogens is 2. The lowest BCUT2D eigenvalue weighted by atomic mass is 9.79. The van der Waals surface area contributed by atoms with Gasteiger partial charge in [0.2, 0.25) is 0 Å². The second-order valence-electron chi connectivity index (χ2n) is 4.90. The number of alkyl halides is 1. The first-order valence-electron chi connectivity index (χ1n) is 6.16. The standard InChI is InChI=1S/C14H18ClFO2/c1-17-12-5-2-4-11(13(12)16)8-14(9-15)6-3-7-18-10-14/h2,4-5H,3,6-10H2,1H3. The van der Waals surface area contributed by atoms with E-state index in [4.69, 9.17) is 21.1 Å². The van der Waals surface area contributed by atoms with Crippen LogP contribution < -0.4 is 4.74 Å². The molecule has 1 aliphatic rings. The maximum absolute atomic E-state index is 14.1. The lowest BCUT2D eigenvalue weighted by Crippen LogP contribution is -2.36. The van der Waals surface area contributed by atoms with Gasteiger partial charge in [0, 0.05) is 17.9 Å². The normalized spacial score (nSPS) is 23.9. The summed E-state index contributed by atoms with van der Waals surface area (Å²) < 4.78 is 24.6. The average Bonchev–Trinajstić information content (AvgIpc) is 2.42. The van der Waals surface area contributed by atoms with Crippen LogP contribution in [0.3, 0.4) is 0 Å². The predicted octanol–water partition coefficient (Wildman–Crippen LogP) is 3.41. The van der Waals surface area contributed by atoms with Gasteiger partial charge in [-0.1, -0.05) is 12.1 Å². The Labute approximate surface area is 112 Å². The van der Waals surface area contributed by atoms with E-state index in [0.717, 1.165) is 19.4 Å². The van der Waals surface area contributed by atoms with Crippen LogP contribution >= 0.6 is 11.6 Å². The van der Waals surface area contributed by atoms with E-state index in [0.29, 0.717) is 24.5 Å². The molecule has 1 unspecified atom stereocenters. The fraction of sp³-hybridized carbons (Fsp3) is 0.571. The number of hydrogen-bond donors (Lipinski definition) is 0. The highest BCUT2D eigenvalue weighted by atomic mass is 35.5. The lowest BCUT2D eigenvalue weighted by Gasteiger charge is -2.35. The first-order chi connectivity index (χ1) is 8.71. The zero-order chi connectivity index (χ0) is 13.0. The van der Waals surface area contributed by atoms with Crippen molar-refractivity contribution in [3.63, 3.8) is 0 Å². The Kier molecular flexibility index (Phi) is 4.46. The Balaban J connectivity index is 2.21. The van der Waals surface area contributed by atoms with Crippen molar-refractivity contribution in [2.45, 2.75) is 19.3 Å². The monoisotopic (exact) mass is 272 g/mol. The molecule has 1 aliphatic heterocycles. The van der Waals surface area contributed by atoms with Crippen LogP contribution in [0.5, 0.6) is 5.75 Å². The Bertz CT molecular complexity index is 403. The smallest absolute Gasteiger partial charge is 0.168 e. The largest absolute Gasteiger partial charge is 0.494 e. The number of rotatable bonds is 4. The molecule has 0 amide bonds. The van der Waals surface area contributed by atoms with Crippen molar-refractivity contribution in [3.8, 4) is 5.75 Å². The van der Waals surface area contributed by atoms with Crippen LogP contribution in [0.15, 0.2) is 18.2 Å². The summed E-state index contributed by atoms with van der Waals surface area (Å²) in [5, 5.41) is 0. The van der Waals surface area contributed by atoms with Gasteiger partial charge >= 0.3 is 0 Å². The minimum absolute atomic E-state index is 0.146. The molecule has 1 atom stereocenters. The molecule has 4 heteroatoms. The first-order valence-corrected chi connectivity index (χ1v) is 6.69. The van der Waals surface area contributed by atoms with E-state index in [1.165, 1.54) is 7.11 Å². The quantitative estimate of drug-likeness (QED) is 0.782. The van der Waals surface area contributed by atoms with Crippen molar-refractivity contribution in [2.75, 3.05) is 26.2 Å². The van der Waals surface area contributed by atoms with Crippen molar-refractivity contribution < 1.29 is 13.9 Å². The summed E-state index contributed by atoms with van der Waals surface area (Å²) in [6.45, 7) is 1.38. The van der Waals surface area contributed by atoms with Gasteiger partial charge in [-0.25, -0.2) is 4.39 Å². The van der Waals surface area contributed by atoms with Gasteiger partial charge in [0.15, 0.2) is 11.6 Å². The number of benzene rings is 1. The summed E-state index contributed by atoms with van der Waals surface area (Å²) >= 11 is 6.08. The number of ether oxygens (including phenoxy) is 2. The highest BCUT2D eigenvalue weighted by Crippen LogP contribution is 2.35. The van der Waals surface area contributed by atoms with E-state index < -0.39 is 0 Å². The van der Waals surface area contributed by atoms with Gasteiger partial charge in [0.05, 0.1) is 13.7 Å². The van der Waals surface area contributed by atoms with Crippen LogP contribution in [-0.2, 0) is 11.2 Å². The molecule has 0 aromatic heterocycles. The summed E-state index contributed by atoms with van der Waals surface area (Å²) in [6.07, 6.45) is 2.56. The van der Waals surface area contributed by atoms with Crippen molar-refractivity contribution in [1.29, 1.82) is 0 Å². The third-order valence-corrected chi connectivity index (χ3v) is 4.08. The topological polar surface area (TPSA) is 18.5 Å². The van der Waals surface area contributed by atoms with E-state index in [1.54, 1.807) is 12.1 Å². The molecule has 2 nitrogen and oxygen atoms in total. The van der Waals surface area contributed by atoms with Gasteiger partial charge in [0.1, 0.15) is 0 Å². The zero-order valence-corrected chi connectivity index (χ0v) is 11.3.